The number of hydrazine groups is 1. The fraction of sp³-hybridized carbons (Fsp3) is 0.353. The predicted octanol–water partition coefficient (Wildman–Crippen LogP) is 2.91. The zero-order valence-corrected chi connectivity index (χ0v) is 13.1. The van der Waals surface area contributed by atoms with Crippen molar-refractivity contribution in [3.63, 3.8) is 0 Å². The van der Waals surface area contributed by atoms with Crippen LogP contribution < -0.4 is 5.43 Å². The summed E-state index contributed by atoms with van der Waals surface area (Å²) in [5.74, 6) is -0.210. The summed E-state index contributed by atoms with van der Waals surface area (Å²) in [5.41, 5.74) is 4.92. The van der Waals surface area contributed by atoms with E-state index in [1.165, 1.54) is 6.33 Å². The van der Waals surface area contributed by atoms with Gasteiger partial charge in [0.15, 0.2) is 0 Å². The second kappa shape index (κ2) is 8.24. The van der Waals surface area contributed by atoms with Gasteiger partial charge in [0.2, 0.25) is 0 Å². The largest absolute Gasteiger partial charge is 0.284 e. The van der Waals surface area contributed by atoms with E-state index in [1.54, 1.807) is 6.07 Å². The summed E-state index contributed by atoms with van der Waals surface area (Å²) in [6.07, 6.45) is 4.81. The van der Waals surface area contributed by atoms with Gasteiger partial charge >= 0.3 is 0 Å². The second-order valence-electron chi connectivity index (χ2n) is 5.22. The van der Waals surface area contributed by atoms with Gasteiger partial charge in [0.05, 0.1) is 5.69 Å². The summed E-state index contributed by atoms with van der Waals surface area (Å²) in [7, 11) is 1.87. The van der Waals surface area contributed by atoms with E-state index in [4.69, 9.17) is 0 Å². The standard InChI is InChI=1S/C17H22N4O/c1-3-4-8-11-21(2)20-17(22)16-12-15(18-13-19-16)14-9-6-5-7-10-14/h5-7,9-10,12-13H,3-4,8,11H2,1-2H3,(H,20,22). The smallest absolute Gasteiger partial charge is 0.284 e. The fourth-order valence-corrected chi connectivity index (χ4v) is 2.13. The monoisotopic (exact) mass is 298 g/mol. The Balaban J connectivity index is 2.01. The lowest BCUT2D eigenvalue weighted by atomic mass is 10.1. The lowest BCUT2D eigenvalue weighted by Gasteiger charge is -2.17. The Morgan fingerprint density at radius 2 is 1.95 bits per heavy atom. The highest BCUT2D eigenvalue weighted by Gasteiger charge is 2.11. The predicted molar refractivity (Wildman–Crippen MR) is 87.1 cm³/mol. The highest BCUT2D eigenvalue weighted by atomic mass is 16.2. The average molecular weight is 298 g/mol. The molecule has 2 rings (SSSR count). The highest BCUT2D eigenvalue weighted by Crippen LogP contribution is 2.16. The van der Waals surface area contributed by atoms with Gasteiger partial charge in [-0.05, 0) is 12.5 Å². The van der Waals surface area contributed by atoms with Gasteiger partial charge in [-0.2, -0.15) is 0 Å². The first-order valence-electron chi connectivity index (χ1n) is 7.60. The van der Waals surface area contributed by atoms with Crippen LogP contribution in [-0.2, 0) is 0 Å². The number of benzene rings is 1. The minimum Gasteiger partial charge on any atom is -0.284 e. The van der Waals surface area contributed by atoms with Crippen molar-refractivity contribution in [3.8, 4) is 11.3 Å². The molecular weight excluding hydrogens is 276 g/mol. The Morgan fingerprint density at radius 3 is 2.68 bits per heavy atom. The Kier molecular flexibility index (Phi) is 6.03. The molecule has 2 aromatic rings. The molecule has 5 nitrogen and oxygen atoms in total. The molecule has 1 aromatic heterocycles. The van der Waals surface area contributed by atoms with Crippen molar-refractivity contribution in [1.82, 2.24) is 20.4 Å². The van der Waals surface area contributed by atoms with Crippen LogP contribution in [0.2, 0.25) is 0 Å². The van der Waals surface area contributed by atoms with Crippen LogP contribution in [0.3, 0.4) is 0 Å². The number of nitrogens with zero attached hydrogens (tertiary/aromatic N) is 3. The maximum absolute atomic E-state index is 12.2. The van der Waals surface area contributed by atoms with E-state index in [1.807, 2.05) is 42.4 Å². The van der Waals surface area contributed by atoms with E-state index in [0.29, 0.717) is 5.69 Å². The zero-order chi connectivity index (χ0) is 15.8. The molecule has 0 fully saturated rings. The molecule has 22 heavy (non-hydrogen) atoms. The van der Waals surface area contributed by atoms with Crippen molar-refractivity contribution in [2.24, 2.45) is 0 Å². The number of hydrogen-bond acceptors (Lipinski definition) is 4. The molecule has 0 atom stereocenters. The van der Waals surface area contributed by atoms with Crippen LogP contribution in [0.15, 0.2) is 42.7 Å². The molecule has 0 unspecified atom stereocenters. The molecule has 1 aromatic carbocycles. The van der Waals surface area contributed by atoms with E-state index >= 15 is 0 Å². The third kappa shape index (κ3) is 4.63. The van der Waals surface area contributed by atoms with Gasteiger partial charge < -0.3 is 0 Å². The van der Waals surface area contributed by atoms with E-state index in [-0.39, 0.29) is 5.91 Å². The van der Waals surface area contributed by atoms with Crippen LogP contribution in [-0.4, -0.2) is 34.5 Å². The molecule has 0 aliphatic rings. The Hall–Kier alpha value is -2.27. The normalized spacial score (nSPS) is 10.7. The summed E-state index contributed by atoms with van der Waals surface area (Å²) >= 11 is 0. The molecule has 1 heterocycles. The maximum atomic E-state index is 12.2. The Bertz CT molecular complexity index is 601. The van der Waals surface area contributed by atoms with Gasteiger partial charge in [0.25, 0.3) is 5.91 Å². The molecule has 5 heteroatoms. The lowest BCUT2D eigenvalue weighted by molar-refractivity contribution is 0.0820. The Labute approximate surface area is 131 Å². The number of aromatic nitrogens is 2. The average Bonchev–Trinajstić information content (AvgIpc) is 2.56. The lowest BCUT2D eigenvalue weighted by Crippen LogP contribution is -2.40. The van der Waals surface area contributed by atoms with Crippen LogP contribution in [0.1, 0.15) is 36.7 Å². The van der Waals surface area contributed by atoms with Crippen molar-refractivity contribution < 1.29 is 4.79 Å². The molecule has 0 radical (unpaired) electrons. The van der Waals surface area contributed by atoms with Crippen molar-refractivity contribution in [2.45, 2.75) is 26.2 Å². The maximum Gasteiger partial charge on any atom is 0.284 e. The SMILES string of the molecule is CCCCCN(C)NC(=O)c1cc(-c2ccccc2)ncn1. The van der Waals surface area contributed by atoms with Gasteiger partial charge in [-0.15, -0.1) is 0 Å². The van der Waals surface area contributed by atoms with E-state index in [9.17, 15) is 4.79 Å². The van der Waals surface area contributed by atoms with Crippen molar-refractivity contribution >= 4 is 5.91 Å². The van der Waals surface area contributed by atoms with Gasteiger partial charge in [-0.25, -0.2) is 15.0 Å². The summed E-state index contributed by atoms with van der Waals surface area (Å²) in [4.78, 5) is 20.5. The molecule has 0 bridgehead atoms. The third-order valence-electron chi connectivity index (χ3n) is 3.36. The molecule has 0 saturated carbocycles. The van der Waals surface area contributed by atoms with Gasteiger partial charge in [-0.3, -0.25) is 10.2 Å². The third-order valence-corrected chi connectivity index (χ3v) is 3.36. The molecule has 1 N–H and O–H groups in total. The zero-order valence-electron chi connectivity index (χ0n) is 13.1. The quantitative estimate of drug-likeness (QED) is 0.631. The van der Waals surface area contributed by atoms with Crippen LogP contribution >= 0.6 is 0 Å². The van der Waals surface area contributed by atoms with Crippen LogP contribution in [0, 0.1) is 0 Å². The number of carbonyl (C=O) groups excluding carboxylic acids is 1. The number of nitrogens with one attached hydrogen (secondary N) is 1. The first-order chi connectivity index (χ1) is 10.7. The number of hydrogen-bond donors (Lipinski definition) is 1. The van der Waals surface area contributed by atoms with E-state index in [0.717, 1.165) is 37.1 Å². The van der Waals surface area contributed by atoms with Gasteiger partial charge in [-0.1, -0.05) is 50.1 Å². The number of rotatable bonds is 7. The minimum absolute atomic E-state index is 0.210. The number of carbonyl (C=O) groups is 1. The summed E-state index contributed by atoms with van der Waals surface area (Å²) in [6.45, 7) is 2.99. The second-order valence-corrected chi connectivity index (χ2v) is 5.22. The first-order valence-corrected chi connectivity index (χ1v) is 7.60. The van der Waals surface area contributed by atoms with E-state index < -0.39 is 0 Å². The number of unbranched alkanes of at least 4 members (excludes halogenated alkanes) is 2. The molecular formula is C17H22N4O. The van der Waals surface area contributed by atoms with Gasteiger partial charge in [0, 0.05) is 19.2 Å². The van der Waals surface area contributed by atoms with Crippen LogP contribution in [0.5, 0.6) is 0 Å². The number of amides is 1. The van der Waals surface area contributed by atoms with Crippen molar-refractivity contribution in [3.05, 3.63) is 48.4 Å². The van der Waals surface area contributed by atoms with Crippen LogP contribution in [0.4, 0.5) is 0 Å². The van der Waals surface area contributed by atoms with Crippen LogP contribution in [0.25, 0.3) is 11.3 Å². The Morgan fingerprint density at radius 1 is 1.18 bits per heavy atom. The first kappa shape index (κ1) is 16.1. The fourth-order valence-electron chi connectivity index (χ4n) is 2.13. The topological polar surface area (TPSA) is 58.1 Å². The van der Waals surface area contributed by atoms with E-state index in [2.05, 4.69) is 22.3 Å². The van der Waals surface area contributed by atoms with Crippen molar-refractivity contribution in [2.75, 3.05) is 13.6 Å². The summed E-state index contributed by atoms with van der Waals surface area (Å²) < 4.78 is 0. The molecule has 0 saturated heterocycles. The summed E-state index contributed by atoms with van der Waals surface area (Å²) in [5, 5.41) is 1.81. The molecule has 1 amide bonds. The summed E-state index contributed by atoms with van der Waals surface area (Å²) in [6, 6.07) is 11.5. The molecule has 0 aliphatic heterocycles. The van der Waals surface area contributed by atoms with Crippen molar-refractivity contribution in [1.29, 1.82) is 0 Å². The highest BCUT2D eigenvalue weighted by molar-refractivity contribution is 5.92. The molecule has 0 spiro atoms. The van der Waals surface area contributed by atoms with Gasteiger partial charge in [0.1, 0.15) is 12.0 Å². The molecule has 0 aliphatic carbocycles. The minimum atomic E-state index is -0.210. The molecule has 116 valence electrons.